The zero-order valence-corrected chi connectivity index (χ0v) is 12.5. The molecule has 4 heteroatoms. The van der Waals surface area contributed by atoms with Gasteiger partial charge in [-0.15, -0.1) is 0 Å². The molecule has 1 aliphatic carbocycles. The summed E-state index contributed by atoms with van der Waals surface area (Å²) < 4.78 is 7.46. The Kier molecular flexibility index (Phi) is 3.03. The van der Waals surface area contributed by atoms with Crippen molar-refractivity contribution in [2.45, 2.75) is 25.8 Å². The number of ether oxygens (including phenoxy) is 1. The molecule has 0 fully saturated rings. The van der Waals surface area contributed by atoms with Crippen LogP contribution in [0.25, 0.3) is 11.0 Å². The third-order valence-electron chi connectivity index (χ3n) is 4.39. The maximum absolute atomic E-state index is 12.4. The fourth-order valence-electron chi connectivity index (χ4n) is 3.44. The van der Waals surface area contributed by atoms with E-state index in [1.54, 1.807) is 0 Å². The molecule has 0 amide bonds. The number of imidazole rings is 1. The quantitative estimate of drug-likeness (QED) is 0.807. The monoisotopic (exact) mass is 294 g/mol. The summed E-state index contributed by atoms with van der Waals surface area (Å²) in [6.07, 6.45) is 1.81. The van der Waals surface area contributed by atoms with Gasteiger partial charge >= 0.3 is 5.69 Å². The summed E-state index contributed by atoms with van der Waals surface area (Å²) in [4.78, 5) is 15.4. The molecule has 0 radical (unpaired) electrons. The highest BCUT2D eigenvalue weighted by Crippen LogP contribution is 2.31. The molecule has 0 bridgehead atoms. The van der Waals surface area contributed by atoms with Crippen LogP contribution in [0.1, 0.15) is 24.1 Å². The molecule has 0 unspecified atom stereocenters. The van der Waals surface area contributed by atoms with Gasteiger partial charge in [-0.05, 0) is 43.0 Å². The van der Waals surface area contributed by atoms with Crippen molar-refractivity contribution in [3.8, 4) is 5.75 Å². The maximum atomic E-state index is 12.4. The Hall–Kier alpha value is -2.49. The van der Waals surface area contributed by atoms with Gasteiger partial charge in [0.05, 0.1) is 17.6 Å². The molecule has 1 heterocycles. The minimum Gasteiger partial charge on any atom is -0.494 e. The lowest BCUT2D eigenvalue weighted by molar-refractivity contribution is 0.340. The largest absolute Gasteiger partial charge is 0.494 e. The van der Waals surface area contributed by atoms with Crippen molar-refractivity contribution in [1.82, 2.24) is 9.55 Å². The van der Waals surface area contributed by atoms with Crippen molar-refractivity contribution in [2.75, 3.05) is 6.61 Å². The van der Waals surface area contributed by atoms with Crippen LogP contribution >= 0.6 is 0 Å². The van der Waals surface area contributed by atoms with Crippen molar-refractivity contribution in [3.63, 3.8) is 0 Å². The van der Waals surface area contributed by atoms with Gasteiger partial charge in [0.25, 0.3) is 0 Å². The minimum absolute atomic E-state index is 0.0403. The molecule has 4 nitrogen and oxygen atoms in total. The van der Waals surface area contributed by atoms with Crippen LogP contribution in [0.5, 0.6) is 5.75 Å². The molecule has 2 aromatic carbocycles. The van der Waals surface area contributed by atoms with Crippen molar-refractivity contribution in [3.05, 3.63) is 64.1 Å². The van der Waals surface area contributed by atoms with E-state index in [1.807, 2.05) is 29.7 Å². The van der Waals surface area contributed by atoms with Gasteiger partial charge in [0.15, 0.2) is 0 Å². The molecule has 0 saturated carbocycles. The number of rotatable bonds is 3. The molecule has 22 heavy (non-hydrogen) atoms. The topological polar surface area (TPSA) is 47.0 Å². The number of aromatic amines is 1. The highest BCUT2D eigenvalue weighted by molar-refractivity contribution is 5.77. The van der Waals surface area contributed by atoms with E-state index in [-0.39, 0.29) is 11.7 Å². The van der Waals surface area contributed by atoms with Gasteiger partial charge in [-0.2, -0.15) is 0 Å². The van der Waals surface area contributed by atoms with Crippen molar-refractivity contribution in [1.29, 1.82) is 0 Å². The second-order valence-corrected chi connectivity index (χ2v) is 5.74. The fraction of sp³-hybridized carbons (Fsp3) is 0.278. The van der Waals surface area contributed by atoms with Crippen molar-refractivity contribution < 1.29 is 4.74 Å². The van der Waals surface area contributed by atoms with Gasteiger partial charge in [-0.25, -0.2) is 4.79 Å². The van der Waals surface area contributed by atoms with Gasteiger partial charge in [-0.3, -0.25) is 4.57 Å². The standard InChI is InChI=1S/C18H18N2O2/c1-2-22-15-7-8-16-17(11-15)20(18(21)19-16)14-9-12-5-3-4-6-13(12)10-14/h3-8,11,14H,2,9-10H2,1H3,(H,19,21). The summed E-state index contributed by atoms with van der Waals surface area (Å²) in [5, 5.41) is 0. The summed E-state index contributed by atoms with van der Waals surface area (Å²) in [6.45, 7) is 2.58. The van der Waals surface area contributed by atoms with Crippen LogP contribution in [0.2, 0.25) is 0 Å². The molecule has 1 aliphatic rings. The SMILES string of the molecule is CCOc1ccc2[nH]c(=O)n(C3Cc4ccccc4C3)c2c1. The van der Waals surface area contributed by atoms with Crippen LogP contribution in [0.3, 0.4) is 0 Å². The lowest BCUT2D eigenvalue weighted by Gasteiger charge is -2.12. The maximum Gasteiger partial charge on any atom is 0.326 e. The normalized spacial score (nSPS) is 14.4. The van der Waals surface area contributed by atoms with Crippen molar-refractivity contribution >= 4 is 11.0 Å². The van der Waals surface area contributed by atoms with Crippen LogP contribution < -0.4 is 10.4 Å². The second kappa shape index (κ2) is 5.05. The van der Waals surface area contributed by atoms with Gasteiger partial charge in [-0.1, -0.05) is 24.3 Å². The fourth-order valence-corrected chi connectivity index (χ4v) is 3.44. The molecular weight excluding hydrogens is 276 g/mol. The first-order valence-corrected chi connectivity index (χ1v) is 7.70. The van der Waals surface area contributed by atoms with E-state index in [0.717, 1.165) is 29.6 Å². The van der Waals surface area contributed by atoms with E-state index in [4.69, 9.17) is 4.74 Å². The summed E-state index contributed by atoms with van der Waals surface area (Å²) in [6, 6.07) is 14.4. The predicted octanol–water partition coefficient (Wildman–Crippen LogP) is 3.07. The number of H-pyrrole nitrogens is 1. The van der Waals surface area contributed by atoms with Crippen LogP contribution in [-0.4, -0.2) is 16.2 Å². The van der Waals surface area contributed by atoms with Gasteiger partial charge < -0.3 is 9.72 Å². The molecular formula is C18H18N2O2. The predicted molar refractivity (Wildman–Crippen MR) is 86.6 cm³/mol. The average molecular weight is 294 g/mol. The van der Waals surface area contributed by atoms with Crippen LogP contribution in [-0.2, 0) is 12.8 Å². The number of aromatic nitrogens is 2. The van der Waals surface area contributed by atoms with E-state index in [0.29, 0.717) is 6.61 Å². The summed E-state index contributed by atoms with van der Waals surface area (Å²) in [5.74, 6) is 0.804. The first-order chi connectivity index (χ1) is 10.8. The average Bonchev–Trinajstić information content (AvgIpc) is 3.06. The first-order valence-electron chi connectivity index (χ1n) is 7.70. The molecule has 0 aliphatic heterocycles. The van der Waals surface area contributed by atoms with Crippen LogP contribution in [0.15, 0.2) is 47.3 Å². The molecule has 0 spiro atoms. The van der Waals surface area contributed by atoms with E-state index in [1.165, 1.54) is 11.1 Å². The molecule has 0 atom stereocenters. The van der Waals surface area contributed by atoms with Gasteiger partial charge in [0, 0.05) is 12.1 Å². The lowest BCUT2D eigenvalue weighted by Crippen LogP contribution is -2.22. The number of hydrogen-bond donors (Lipinski definition) is 1. The van der Waals surface area contributed by atoms with Crippen LogP contribution in [0, 0.1) is 0 Å². The Bertz CT molecular complexity index is 866. The third-order valence-corrected chi connectivity index (χ3v) is 4.39. The Morgan fingerprint density at radius 3 is 2.59 bits per heavy atom. The number of hydrogen-bond acceptors (Lipinski definition) is 2. The van der Waals surface area contributed by atoms with E-state index >= 15 is 0 Å². The van der Waals surface area contributed by atoms with Crippen LogP contribution in [0.4, 0.5) is 0 Å². The summed E-state index contributed by atoms with van der Waals surface area (Å²) in [7, 11) is 0. The highest BCUT2D eigenvalue weighted by atomic mass is 16.5. The third kappa shape index (κ3) is 2.03. The molecule has 0 saturated heterocycles. The molecule has 1 N–H and O–H groups in total. The summed E-state index contributed by atoms with van der Waals surface area (Å²) >= 11 is 0. The first kappa shape index (κ1) is 13.2. The smallest absolute Gasteiger partial charge is 0.326 e. The van der Waals surface area contributed by atoms with Crippen molar-refractivity contribution in [2.24, 2.45) is 0 Å². The lowest BCUT2D eigenvalue weighted by atomic mass is 10.1. The molecule has 112 valence electrons. The van der Waals surface area contributed by atoms with E-state index < -0.39 is 0 Å². The zero-order valence-electron chi connectivity index (χ0n) is 12.5. The van der Waals surface area contributed by atoms with E-state index in [9.17, 15) is 4.79 Å². The zero-order chi connectivity index (χ0) is 15.1. The number of fused-ring (bicyclic) bond motifs is 2. The Morgan fingerprint density at radius 1 is 1.18 bits per heavy atom. The molecule has 3 aromatic rings. The highest BCUT2D eigenvalue weighted by Gasteiger charge is 2.25. The van der Waals surface area contributed by atoms with Gasteiger partial charge in [0.1, 0.15) is 5.75 Å². The number of nitrogens with one attached hydrogen (secondary N) is 1. The Balaban J connectivity index is 1.80. The van der Waals surface area contributed by atoms with Gasteiger partial charge in [0.2, 0.25) is 0 Å². The molecule has 1 aromatic heterocycles. The number of nitrogens with zero attached hydrogens (tertiary/aromatic N) is 1. The number of benzene rings is 2. The second-order valence-electron chi connectivity index (χ2n) is 5.74. The van der Waals surface area contributed by atoms with E-state index in [2.05, 4.69) is 29.2 Å². The Labute approximate surface area is 128 Å². The summed E-state index contributed by atoms with van der Waals surface area (Å²) in [5.41, 5.74) is 4.43. The Morgan fingerprint density at radius 2 is 1.91 bits per heavy atom. The molecule has 4 rings (SSSR count). The minimum atomic E-state index is -0.0403.